The van der Waals surface area contributed by atoms with Gasteiger partial charge in [-0.25, -0.2) is 0 Å². The zero-order valence-corrected chi connectivity index (χ0v) is 27.4. The van der Waals surface area contributed by atoms with Crippen molar-refractivity contribution >= 4 is 18.2 Å². The summed E-state index contributed by atoms with van der Waals surface area (Å²) in [6.07, 6.45) is 7.10. The second-order valence-corrected chi connectivity index (χ2v) is 10.8. The van der Waals surface area contributed by atoms with E-state index in [1.54, 1.807) is 13.0 Å². The molecule has 0 aromatic heterocycles. The van der Waals surface area contributed by atoms with Crippen LogP contribution in [0.1, 0.15) is 66.2 Å². The van der Waals surface area contributed by atoms with Crippen LogP contribution in [0.5, 0.6) is 0 Å². The van der Waals surface area contributed by atoms with E-state index in [0.29, 0.717) is 13.2 Å². The SMILES string of the molecule is C=CC[C@@H](CCC)C(=O)OCC.CCC[C@H](CC=O)C(=O)OCC.[Na+].[O-][I+3]([O-])([O-])[O-].[O]=[Os](=[O])(=[O])=[O]. The number of halogens is 1. The Bertz CT molecular complexity index is 699. The number of ether oxygens (including phenoxy) is 2. The molecule has 204 valence electrons. The molecule has 2 atom stereocenters. The van der Waals surface area contributed by atoms with E-state index in [0.717, 1.165) is 38.4 Å². The van der Waals surface area contributed by atoms with Gasteiger partial charge in [-0.2, -0.15) is 0 Å². The van der Waals surface area contributed by atoms with Crippen LogP contribution in [0.4, 0.5) is 0 Å². The number of hydrogen-bond acceptors (Lipinski definition) is 13. The fourth-order valence-electron chi connectivity index (χ4n) is 2.20. The van der Waals surface area contributed by atoms with E-state index < -0.39 is 34.9 Å². The molecule has 0 saturated carbocycles. The van der Waals surface area contributed by atoms with Gasteiger partial charge < -0.3 is 14.3 Å². The maximum absolute atomic E-state index is 11.3. The van der Waals surface area contributed by atoms with Gasteiger partial charge in [-0.1, -0.05) is 32.8 Å². The van der Waals surface area contributed by atoms with E-state index in [-0.39, 0.29) is 59.8 Å². The second kappa shape index (κ2) is 28.3. The van der Waals surface area contributed by atoms with E-state index in [1.165, 1.54) is 0 Å². The molecule has 0 radical (unpaired) electrons. The molecule has 0 amide bonds. The molecule has 0 aliphatic heterocycles. The molecule has 16 heteroatoms. The monoisotopic (exact) mass is 812 g/mol. The van der Waals surface area contributed by atoms with Gasteiger partial charge in [0.1, 0.15) is 26.4 Å². The van der Waals surface area contributed by atoms with Crippen molar-refractivity contribution in [1.82, 2.24) is 0 Å². The summed E-state index contributed by atoms with van der Waals surface area (Å²) in [5, 5.41) is 0. The van der Waals surface area contributed by atoms with E-state index in [1.807, 2.05) is 13.8 Å². The Kier molecular flexibility index (Phi) is 36.2. The molecular formula is C19H34INaO13Os. The van der Waals surface area contributed by atoms with Crippen molar-refractivity contribution in [2.24, 2.45) is 11.8 Å². The van der Waals surface area contributed by atoms with E-state index in [9.17, 15) is 14.4 Å². The number of allylic oxidation sites excluding steroid dienone is 1. The first-order valence-corrected chi connectivity index (χ1v) is 17.8. The third-order valence-electron chi connectivity index (χ3n) is 3.35. The van der Waals surface area contributed by atoms with Gasteiger partial charge in [0, 0.05) is 6.42 Å². The molecule has 13 nitrogen and oxygen atoms in total. The van der Waals surface area contributed by atoms with Crippen LogP contribution in [0.3, 0.4) is 0 Å². The van der Waals surface area contributed by atoms with E-state index in [4.69, 9.17) is 37.4 Å². The van der Waals surface area contributed by atoms with Crippen LogP contribution >= 0.6 is 0 Å². The predicted molar refractivity (Wildman–Crippen MR) is 98.3 cm³/mol. The Morgan fingerprint density at radius 1 is 0.829 bits per heavy atom. The second-order valence-electron chi connectivity index (χ2n) is 6.13. The van der Waals surface area contributed by atoms with Crippen molar-refractivity contribution in [3.8, 4) is 0 Å². The van der Waals surface area contributed by atoms with Crippen LogP contribution in [0, 0.1) is 11.8 Å². The molecule has 0 aliphatic carbocycles. The van der Waals surface area contributed by atoms with Crippen molar-refractivity contribution in [3.63, 3.8) is 0 Å². The van der Waals surface area contributed by atoms with Gasteiger partial charge in [0.25, 0.3) is 0 Å². The van der Waals surface area contributed by atoms with Gasteiger partial charge in [-0.3, -0.25) is 23.3 Å². The van der Waals surface area contributed by atoms with Crippen molar-refractivity contribution in [3.05, 3.63) is 12.7 Å². The standard InChI is InChI=1S/C10H18O2.C9H16O3.IO4.Na.4O.Os/c1-4-7-9(8-5-2)10(11)12-6-3;1-3-5-8(6-7-10)9(11)12-4-2;2-1(3,4)5;;;;;;/h4,9H,1,5-8H2,2-3H3;7-8H,3-6H2,1-2H3;;;;;;;/q;;-1;+1;;;;;/t9-;8-;;;;;;;/m01......./s1. The quantitative estimate of drug-likeness (QED) is 0.0588. The summed E-state index contributed by atoms with van der Waals surface area (Å²) in [5.74, 6) is -0.536. The molecule has 0 heterocycles. The first-order chi connectivity index (χ1) is 15.5. The molecule has 0 bridgehead atoms. The Morgan fingerprint density at radius 3 is 1.31 bits per heavy atom. The van der Waals surface area contributed by atoms with Crippen LogP contribution in [-0.4, -0.2) is 31.4 Å². The molecule has 35 heavy (non-hydrogen) atoms. The normalized spacial score (nSPS) is 11.7. The number of carbonyl (C=O) groups is 3. The predicted octanol–water partition coefficient (Wildman–Crippen LogP) is -7.13. The number of aldehydes is 1. The zero-order chi connectivity index (χ0) is 27.8. The van der Waals surface area contributed by atoms with Gasteiger partial charge in [-0.15, -0.1) is 6.58 Å². The molecular weight excluding hydrogens is 776 g/mol. The van der Waals surface area contributed by atoms with E-state index >= 15 is 0 Å². The maximum atomic E-state index is 11.3. The third-order valence-corrected chi connectivity index (χ3v) is 3.35. The number of esters is 2. The summed E-state index contributed by atoms with van der Waals surface area (Å²) in [6, 6.07) is 0. The number of carbonyl (C=O) groups excluding carboxylic acids is 3. The third kappa shape index (κ3) is 51.3. The number of rotatable bonds is 12. The first kappa shape index (κ1) is 44.7. The van der Waals surface area contributed by atoms with Crippen molar-refractivity contribution in [1.29, 1.82) is 0 Å². The zero-order valence-electron chi connectivity index (χ0n) is 20.7. The van der Waals surface area contributed by atoms with Crippen molar-refractivity contribution < 1.29 is 116 Å². The van der Waals surface area contributed by atoms with Crippen LogP contribution in [0.15, 0.2) is 12.7 Å². The fourth-order valence-corrected chi connectivity index (χ4v) is 2.20. The molecule has 0 unspecified atom stereocenters. The van der Waals surface area contributed by atoms with Crippen LogP contribution < -0.4 is 63.4 Å². The summed E-state index contributed by atoms with van der Waals surface area (Å²) in [4.78, 5) is 32.6. The van der Waals surface area contributed by atoms with Gasteiger partial charge in [0.15, 0.2) is 0 Å². The summed E-state index contributed by atoms with van der Waals surface area (Å²) < 4.78 is 78.7. The molecule has 0 aromatic rings. The molecule has 0 aliphatic rings. The van der Waals surface area contributed by atoms with E-state index in [2.05, 4.69) is 13.5 Å². The minimum atomic E-state index is -6.06. The molecule has 0 saturated heterocycles. The minimum absolute atomic E-state index is 0. The Hall–Kier alpha value is -0.244. The Labute approximate surface area is 236 Å². The van der Waals surface area contributed by atoms with Gasteiger partial charge in [0.2, 0.25) is 0 Å². The van der Waals surface area contributed by atoms with Gasteiger partial charge >= 0.3 is 70.5 Å². The van der Waals surface area contributed by atoms with Crippen molar-refractivity contribution in [2.45, 2.75) is 66.2 Å². The van der Waals surface area contributed by atoms with Crippen molar-refractivity contribution in [2.75, 3.05) is 13.2 Å². The van der Waals surface area contributed by atoms with Gasteiger partial charge in [0.05, 0.1) is 25.0 Å². The average Bonchev–Trinajstić information content (AvgIpc) is 2.66. The van der Waals surface area contributed by atoms with Crippen LogP contribution in [0.2, 0.25) is 0 Å². The summed E-state index contributed by atoms with van der Waals surface area (Å²) in [5.41, 5.74) is 0. The van der Waals surface area contributed by atoms with Crippen LogP contribution in [-0.2, 0) is 52.9 Å². The topological polar surface area (TPSA) is 230 Å². The molecule has 0 rings (SSSR count). The summed E-state index contributed by atoms with van der Waals surface area (Å²) in [7, 11) is 0. The molecule has 0 aromatic carbocycles. The summed E-state index contributed by atoms with van der Waals surface area (Å²) >= 11 is -12.0. The molecule has 0 N–H and O–H groups in total. The van der Waals surface area contributed by atoms with Crippen LogP contribution in [0.25, 0.3) is 0 Å². The molecule has 0 spiro atoms. The number of hydrogen-bond donors (Lipinski definition) is 0. The Morgan fingerprint density at radius 2 is 1.11 bits per heavy atom. The molecule has 0 fully saturated rings. The average molecular weight is 811 g/mol. The van der Waals surface area contributed by atoms with Gasteiger partial charge in [-0.05, 0) is 33.1 Å². The Balaban J connectivity index is -0.000000122. The fraction of sp³-hybridized carbons (Fsp3) is 0.737. The summed E-state index contributed by atoms with van der Waals surface area (Å²) in [6.45, 7) is 12.1. The first-order valence-electron chi connectivity index (χ1n) is 10.1.